The third-order valence-electron chi connectivity index (χ3n) is 8.66. The lowest BCUT2D eigenvalue weighted by Gasteiger charge is -2.35. The van der Waals surface area contributed by atoms with Crippen LogP contribution in [-0.4, -0.2) is 34.8 Å². The zero-order chi connectivity index (χ0) is 26.3. The average molecular weight is 509 g/mol. The molecular formula is C31H48N4O2. The minimum Gasteiger partial charge on any atom is -0.369 e. The van der Waals surface area contributed by atoms with Crippen molar-refractivity contribution in [2.75, 3.05) is 6.54 Å². The minimum absolute atomic E-state index is 0.0942. The van der Waals surface area contributed by atoms with Crippen LogP contribution >= 0.6 is 0 Å². The number of aryl methyl sites for hydroxylation is 1. The van der Waals surface area contributed by atoms with Crippen LogP contribution in [0.15, 0.2) is 29.3 Å². The molecule has 2 amide bonds. The molecular weight excluding hydrogens is 460 g/mol. The van der Waals surface area contributed by atoms with Gasteiger partial charge in [-0.1, -0.05) is 102 Å². The molecule has 0 atom stereocenters. The predicted octanol–water partition coefficient (Wildman–Crippen LogP) is 5.73. The van der Waals surface area contributed by atoms with Gasteiger partial charge in [-0.2, -0.15) is 0 Å². The van der Waals surface area contributed by atoms with Gasteiger partial charge in [-0.15, -0.1) is 0 Å². The van der Waals surface area contributed by atoms with Crippen molar-refractivity contribution in [2.45, 2.75) is 116 Å². The van der Waals surface area contributed by atoms with E-state index in [-0.39, 0.29) is 11.8 Å². The Morgan fingerprint density at radius 2 is 1.51 bits per heavy atom. The Morgan fingerprint density at radius 1 is 0.973 bits per heavy atom. The van der Waals surface area contributed by atoms with Crippen LogP contribution in [0.5, 0.6) is 0 Å². The maximum Gasteiger partial charge on any atom is 0.257 e. The smallest absolute Gasteiger partial charge is 0.257 e. The van der Waals surface area contributed by atoms with Crippen molar-refractivity contribution in [3.05, 3.63) is 35.4 Å². The van der Waals surface area contributed by atoms with Crippen molar-refractivity contribution in [3.8, 4) is 0 Å². The highest BCUT2D eigenvalue weighted by molar-refractivity contribution is 6.06. The molecule has 6 nitrogen and oxygen atoms in total. The molecule has 3 N–H and O–H groups in total. The van der Waals surface area contributed by atoms with Gasteiger partial charge in [0.2, 0.25) is 5.91 Å². The first-order valence-corrected chi connectivity index (χ1v) is 14.9. The van der Waals surface area contributed by atoms with Gasteiger partial charge in [-0.05, 0) is 48.1 Å². The second kappa shape index (κ2) is 12.9. The molecule has 2 fully saturated rings. The fourth-order valence-electron chi connectivity index (χ4n) is 6.58. The SMILES string of the molecule is CC(C)CNC(=O)CCc1ccc(CN2C(=O)C(CC3CCCCC3)(CC3CCCCC3)N=C2N)cc1. The molecule has 6 heteroatoms. The number of carbonyl (C=O) groups excluding carboxylic acids is 2. The molecule has 0 radical (unpaired) electrons. The average Bonchev–Trinajstić information content (AvgIpc) is 3.12. The molecule has 3 aliphatic rings. The second-order valence-corrected chi connectivity index (χ2v) is 12.3. The zero-order valence-electron chi connectivity index (χ0n) is 23.1. The summed E-state index contributed by atoms with van der Waals surface area (Å²) in [6, 6.07) is 8.25. The Kier molecular flexibility index (Phi) is 9.66. The summed E-state index contributed by atoms with van der Waals surface area (Å²) in [6.07, 6.45) is 15.5. The van der Waals surface area contributed by atoms with E-state index in [1.807, 2.05) is 0 Å². The summed E-state index contributed by atoms with van der Waals surface area (Å²) < 4.78 is 0. The van der Waals surface area contributed by atoms with Crippen LogP contribution in [0.3, 0.4) is 0 Å². The Hall–Kier alpha value is -2.37. The monoisotopic (exact) mass is 508 g/mol. The Labute approximate surface area is 223 Å². The van der Waals surface area contributed by atoms with Gasteiger partial charge in [0.05, 0.1) is 6.54 Å². The maximum absolute atomic E-state index is 14.0. The zero-order valence-corrected chi connectivity index (χ0v) is 23.1. The lowest BCUT2D eigenvalue weighted by Crippen LogP contribution is -2.46. The van der Waals surface area contributed by atoms with Crippen LogP contribution < -0.4 is 11.1 Å². The van der Waals surface area contributed by atoms with Crippen molar-refractivity contribution in [1.29, 1.82) is 0 Å². The lowest BCUT2D eigenvalue weighted by atomic mass is 9.73. The lowest BCUT2D eigenvalue weighted by molar-refractivity contribution is -0.133. The third-order valence-corrected chi connectivity index (χ3v) is 8.66. The molecule has 1 aromatic carbocycles. The number of amides is 2. The highest BCUT2D eigenvalue weighted by atomic mass is 16.2. The summed E-state index contributed by atoms with van der Waals surface area (Å²) in [5, 5.41) is 2.98. The maximum atomic E-state index is 14.0. The number of hydrogen-bond acceptors (Lipinski definition) is 4. The number of benzene rings is 1. The topological polar surface area (TPSA) is 87.8 Å². The van der Waals surface area contributed by atoms with E-state index in [0.717, 1.165) is 24.0 Å². The van der Waals surface area contributed by atoms with Gasteiger partial charge < -0.3 is 11.1 Å². The van der Waals surface area contributed by atoms with Crippen molar-refractivity contribution in [2.24, 2.45) is 28.5 Å². The van der Waals surface area contributed by atoms with E-state index in [4.69, 9.17) is 10.7 Å². The van der Waals surface area contributed by atoms with Gasteiger partial charge in [0, 0.05) is 13.0 Å². The second-order valence-electron chi connectivity index (χ2n) is 12.3. The Morgan fingerprint density at radius 3 is 2.05 bits per heavy atom. The van der Waals surface area contributed by atoms with Crippen LogP contribution in [0.2, 0.25) is 0 Å². The molecule has 1 aliphatic heterocycles. The largest absolute Gasteiger partial charge is 0.369 e. The molecule has 2 aliphatic carbocycles. The number of guanidine groups is 1. The van der Waals surface area contributed by atoms with Gasteiger partial charge in [0.1, 0.15) is 5.54 Å². The van der Waals surface area contributed by atoms with E-state index in [1.54, 1.807) is 4.90 Å². The highest BCUT2D eigenvalue weighted by Gasteiger charge is 2.49. The van der Waals surface area contributed by atoms with Gasteiger partial charge in [0.25, 0.3) is 5.91 Å². The number of hydrogen-bond donors (Lipinski definition) is 2. The van der Waals surface area contributed by atoms with Crippen molar-refractivity contribution >= 4 is 17.8 Å². The van der Waals surface area contributed by atoms with Crippen LogP contribution in [0.4, 0.5) is 0 Å². The standard InChI is InChI=1S/C31H48N4O2/c1-23(2)21-33-28(36)18-17-24-13-15-27(16-14-24)22-35-29(37)31(34-30(35)32,19-25-9-5-3-6-10-25)20-26-11-7-4-8-12-26/h13-16,23,25-26H,3-12,17-22H2,1-2H3,(H2,32,34)(H,33,36). The summed E-state index contributed by atoms with van der Waals surface area (Å²) in [5.41, 5.74) is 7.98. The summed E-state index contributed by atoms with van der Waals surface area (Å²) in [4.78, 5) is 32.8. The first-order valence-electron chi connectivity index (χ1n) is 14.9. The summed E-state index contributed by atoms with van der Waals surface area (Å²) in [7, 11) is 0. The Balaban J connectivity index is 1.40. The van der Waals surface area contributed by atoms with Crippen LogP contribution in [0, 0.1) is 17.8 Å². The molecule has 0 aromatic heterocycles. The molecule has 1 aromatic rings. The van der Waals surface area contributed by atoms with Crippen LogP contribution in [0.1, 0.15) is 108 Å². The van der Waals surface area contributed by atoms with Crippen LogP contribution in [0.25, 0.3) is 0 Å². The summed E-state index contributed by atoms with van der Waals surface area (Å²) in [5.74, 6) is 2.22. The minimum atomic E-state index is -0.669. The molecule has 4 rings (SSSR count). The van der Waals surface area contributed by atoms with Gasteiger partial charge in [0.15, 0.2) is 5.96 Å². The Bertz CT molecular complexity index is 907. The molecule has 37 heavy (non-hydrogen) atoms. The summed E-state index contributed by atoms with van der Waals surface area (Å²) >= 11 is 0. The first kappa shape index (κ1) is 27.7. The van der Waals surface area contributed by atoms with Crippen molar-refractivity contribution < 1.29 is 9.59 Å². The van der Waals surface area contributed by atoms with E-state index in [9.17, 15) is 9.59 Å². The number of nitrogens with two attached hydrogens (primary N) is 1. The fourth-order valence-corrected chi connectivity index (χ4v) is 6.58. The molecule has 2 saturated carbocycles. The fraction of sp³-hybridized carbons (Fsp3) is 0.710. The molecule has 0 unspecified atom stereocenters. The van der Waals surface area contributed by atoms with Gasteiger partial charge in [-0.3, -0.25) is 14.5 Å². The number of aliphatic imine (C=N–C) groups is 1. The van der Waals surface area contributed by atoms with Crippen molar-refractivity contribution in [1.82, 2.24) is 10.2 Å². The number of rotatable bonds is 11. The summed E-state index contributed by atoms with van der Waals surface area (Å²) in [6.45, 7) is 5.36. The predicted molar refractivity (Wildman–Crippen MR) is 150 cm³/mol. The van der Waals surface area contributed by atoms with E-state index >= 15 is 0 Å². The number of nitrogens with zero attached hydrogens (tertiary/aromatic N) is 2. The van der Waals surface area contributed by atoms with E-state index < -0.39 is 5.54 Å². The molecule has 204 valence electrons. The molecule has 1 heterocycles. The van der Waals surface area contributed by atoms with E-state index in [1.165, 1.54) is 64.2 Å². The van der Waals surface area contributed by atoms with Gasteiger partial charge in [-0.25, -0.2) is 4.99 Å². The molecule has 0 spiro atoms. The number of carbonyl (C=O) groups is 2. The van der Waals surface area contributed by atoms with E-state index in [0.29, 0.717) is 49.6 Å². The molecule has 0 saturated heterocycles. The number of nitrogens with one attached hydrogen (secondary N) is 1. The van der Waals surface area contributed by atoms with Crippen molar-refractivity contribution in [3.63, 3.8) is 0 Å². The highest BCUT2D eigenvalue weighted by Crippen LogP contribution is 2.42. The van der Waals surface area contributed by atoms with Crippen LogP contribution in [-0.2, 0) is 22.6 Å². The third kappa shape index (κ3) is 7.58. The first-order chi connectivity index (χ1) is 17.8. The quantitative estimate of drug-likeness (QED) is 0.400. The molecule has 0 bridgehead atoms. The van der Waals surface area contributed by atoms with Gasteiger partial charge >= 0.3 is 0 Å². The van der Waals surface area contributed by atoms with E-state index in [2.05, 4.69) is 43.4 Å². The normalized spacial score (nSPS) is 20.9.